The zero-order valence-electron chi connectivity index (χ0n) is 9.70. The lowest BCUT2D eigenvalue weighted by molar-refractivity contribution is -0.145. The van der Waals surface area contributed by atoms with Crippen molar-refractivity contribution in [3.05, 3.63) is 35.4 Å². The monoisotopic (exact) mass is 284 g/mol. The Morgan fingerprint density at radius 2 is 2.00 bits per heavy atom. The lowest BCUT2D eigenvalue weighted by atomic mass is 10.0. The van der Waals surface area contributed by atoms with Crippen LogP contribution < -0.4 is 0 Å². The van der Waals surface area contributed by atoms with Crippen LogP contribution in [0.3, 0.4) is 0 Å². The fourth-order valence-corrected chi connectivity index (χ4v) is 1.73. The van der Waals surface area contributed by atoms with Gasteiger partial charge in [0.15, 0.2) is 0 Å². The molecule has 2 nitrogen and oxygen atoms in total. The number of hydrogen-bond donors (Lipinski definition) is 0. The number of alkyl halides is 1. The van der Waals surface area contributed by atoms with E-state index in [2.05, 4.69) is 15.9 Å². The van der Waals surface area contributed by atoms with E-state index in [1.807, 2.05) is 38.1 Å². The summed E-state index contributed by atoms with van der Waals surface area (Å²) in [5.41, 5.74) is 2.21. The van der Waals surface area contributed by atoms with Crippen molar-refractivity contribution in [2.24, 2.45) is 0 Å². The van der Waals surface area contributed by atoms with Gasteiger partial charge in [-0.05, 0) is 24.5 Å². The first-order valence-electron chi connectivity index (χ1n) is 5.50. The Morgan fingerprint density at radius 3 is 2.50 bits per heavy atom. The molecule has 3 heteroatoms. The lowest BCUT2D eigenvalue weighted by Gasteiger charge is -2.11. The van der Waals surface area contributed by atoms with Crippen LogP contribution >= 0.6 is 15.9 Å². The van der Waals surface area contributed by atoms with E-state index in [1.165, 1.54) is 5.56 Å². The summed E-state index contributed by atoms with van der Waals surface area (Å²) >= 11 is 3.39. The Hall–Kier alpha value is -0.830. The molecule has 0 saturated carbocycles. The Labute approximate surface area is 105 Å². The molecule has 1 unspecified atom stereocenters. The maximum atomic E-state index is 11.6. The highest BCUT2D eigenvalue weighted by atomic mass is 79.9. The van der Waals surface area contributed by atoms with Gasteiger partial charge in [-0.25, -0.2) is 0 Å². The first-order valence-corrected chi connectivity index (χ1v) is 6.62. The van der Waals surface area contributed by atoms with Gasteiger partial charge in [-0.15, -0.1) is 0 Å². The molecule has 0 N–H and O–H groups in total. The topological polar surface area (TPSA) is 26.3 Å². The van der Waals surface area contributed by atoms with E-state index < -0.39 is 0 Å². The number of ether oxygens (including phenoxy) is 1. The lowest BCUT2D eigenvalue weighted by Crippen LogP contribution is -2.13. The van der Waals surface area contributed by atoms with Crippen LogP contribution in [0.1, 0.15) is 37.3 Å². The summed E-state index contributed by atoms with van der Waals surface area (Å²) in [6.45, 7) is 4.37. The van der Waals surface area contributed by atoms with E-state index >= 15 is 0 Å². The molecule has 1 aromatic carbocycles. The van der Waals surface area contributed by atoms with Gasteiger partial charge in [0, 0.05) is 5.33 Å². The van der Waals surface area contributed by atoms with Crippen molar-refractivity contribution in [2.45, 2.75) is 31.5 Å². The van der Waals surface area contributed by atoms with Gasteiger partial charge < -0.3 is 4.74 Å². The normalized spacial score (nSPS) is 12.2. The van der Waals surface area contributed by atoms with Gasteiger partial charge >= 0.3 is 5.97 Å². The number of benzene rings is 1. The molecule has 0 aliphatic carbocycles. The molecule has 1 rings (SSSR count). The van der Waals surface area contributed by atoms with Gasteiger partial charge in [0.25, 0.3) is 0 Å². The second-order valence-electron chi connectivity index (χ2n) is 3.76. The largest absolute Gasteiger partial charge is 0.465 e. The minimum Gasteiger partial charge on any atom is -0.465 e. The first-order chi connectivity index (χ1) is 7.69. The summed E-state index contributed by atoms with van der Waals surface area (Å²) in [5, 5.41) is 0.835. The first kappa shape index (κ1) is 13.2. The molecule has 0 amide bonds. The van der Waals surface area contributed by atoms with E-state index in [0.717, 1.165) is 17.3 Å². The van der Waals surface area contributed by atoms with Crippen molar-refractivity contribution >= 4 is 21.9 Å². The smallest absolute Gasteiger partial charge is 0.313 e. The number of esters is 1. The predicted octanol–water partition coefficient (Wildman–Crippen LogP) is 3.64. The molecule has 0 aromatic heterocycles. The van der Waals surface area contributed by atoms with Gasteiger partial charge in [-0.2, -0.15) is 0 Å². The van der Waals surface area contributed by atoms with E-state index in [0.29, 0.717) is 6.61 Å². The van der Waals surface area contributed by atoms with Crippen LogP contribution in [-0.4, -0.2) is 12.6 Å². The quantitative estimate of drug-likeness (QED) is 0.610. The molecule has 0 saturated heterocycles. The van der Waals surface area contributed by atoms with E-state index in [4.69, 9.17) is 4.74 Å². The SMILES string of the molecule is CCCOC(=O)C(C)c1ccc(CBr)cc1. The van der Waals surface area contributed by atoms with Crippen molar-refractivity contribution in [3.8, 4) is 0 Å². The zero-order chi connectivity index (χ0) is 12.0. The van der Waals surface area contributed by atoms with Gasteiger partial charge in [0.2, 0.25) is 0 Å². The number of halogens is 1. The molecule has 0 radical (unpaired) electrons. The van der Waals surface area contributed by atoms with Crippen LogP contribution in [0.5, 0.6) is 0 Å². The maximum Gasteiger partial charge on any atom is 0.313 e. The second-order valence-corrected chi connectivity index (χ2v) is 4.33. The molecule has 88 valence electrons. The molecule has 1 atom stereocenters. The van der Waals surface area contributed by atoms with Crippen LogP contribution in [0.25, 0.3) is 0 Å². The molecule has 1 aromatic rings. The van der Waals surface area contributed by atoms with Crippen LogP contribution in [0.4, 0.5) is 0 Å². The summed E-state index contributed by atoms with van der Waals surface area (Å²) < 4.78 is 5.12. The molecule has 0 fully saturated rings. The average molecular weight is 285 g/mol. The van der Waals surface area contributed by atoms with Gasteiger partial charge in [-0.3, -0.25) is 4.79 Å². The fourth-order valence-electron chi connectivity index (χ4n) is 1.36. The molecule has 0 heterocycles. The molecular weight excluding hydrogens is 268 g/mol. The number of carbonyl (C=O) groups is 1. The van der Waals surface area contributed by atoms with E-state index in [-0.39, 0.29) is 11.9 Å². The average Bonchev–Trinajstić information content (AvgIpc) is 2.35. The fraction of sp³-hybridized carbons (Fsp3) is 0.462. The highest BCUT2D eigenvalue weighted by Gasteiger charge is 2.15. The predicted molar refractivity (Wildman–Crippen MR) is 68.7 cm³/mol. The number of carbonyl (C=O) groups excluding carboxylic acids is 1. The van der Waals surface area contributed by atoms with Crippen LogP contribution in [0, 0.1) is 0 Å². The summed E-state index contributed by atoms with van der Waals surface area (Å²) in [7, 11) is 0. The Kier molecular flexibility index (Phi) is 5.53. The van der Waals surface area contributed by atoms with Crippen molar-refractivity contribution < 1.29 is 9.53 Å². The van der Waals surface area contributed by atoms with Crippen LogP contribution in [-0.2, 0) is 14.9 Å². The van der Waals surface area contributed by atoms with E-state index in [9.17, 15) is 4.79 Å². The molecule has 0 spiro atoms. The minimum absolute atomic E-state index is 0.145. The number of rotatable bonds is 5. The zero-order valence-corrected chi connectivity index (χ0v) is 11.3. The van der Waals surface area contributed by atoms with Crippen molar-refractivity contribution in [3.63, 3.8) is 0 Å². The van der Waals surface area contributed by atoms with Crippen molar-refractivity contribution in [2.75, 3.05) is 6.61 Å². The molecule has 0 aliphatic rings. The molecular formula is C13H17BrO2. The van der Waals surface area contributed by atoms with Crippen molar-refractivity contribution in [1.82, 2.24) is 0 Å². The molecule has 16 heavy (non-hydrogen) atoms. The minimum atomic E-state index is -0.184. The van der Waals surface area contributed by atoms with Gasteiger partial charge in [-0.1, -0.05) is 47.1 Å². The highest BCUT2D eigenvalue weighted by molar-refractivity contribution is 9.08. The summed E-state index contributed by atoms with van der Waals surface area (Å²) in [5.74, 6) is -0.329. The third kappa shape index (κ3) is 3.63. The van der Waals surface area contributed by atoms with E-state index in [1.54, 1.807) is 0 Å². The Morgan fingerprint density at radius 1 is 1.38 bits per heavy atom. The Balaban J connectivity index is 2.64. The summed E-state index contributed by atoms with van der Waals surface area (Å²) in [4.78, 5) is 11.6. The Bertz CT molecular complexity index is 332. The van der Waals surface area contributed by atoms with Gasteiger partial charge in [0.05, 0.1) is 12.5 Å². The van der Waals surface area contributed by atoms with Gasteiger partial charge in [0.1, 0.15) is 0 Å². The summed E-state index contributed by atoms with van der Waals surface area (Å²) in [6, 6.07) is 8.00. The highest BCUT2D eigenvalue weighted by Crippen LogP contribution is 2.18. The third-order valence-electron chi connectivity index (χ3n) is 2.44. The molecule has 0 aliphatic heterocycles. The molecule has 0 bridgehead atoms. The van der Waals surface area contributed by atoms with Crippen molar-refractivity contribution in [1.29, 1.82) is 0 Å². The standard InChI is InChI=1S/C13H17BrO2/c1-3-8-16-13(15)10(2)12-6-4-11(9-14)5-7-12/h4-7,10H,3,8-9H2,1-2H3. The summed E-state index contributed by atoms with van der Waals surface area (Å²) in [6.07, 6.45) is 0.862. The number of hydrogen-bond acceptors (Lipinski definition) is 2. The second kappa shape index (κ2) is 6.69. The maximum absolute atomic E-state index is 11.6. The van der Waals surface area contributed by atoms with Crippen LogP contribution in [0.2, 0.25) is 0 Å². The van der Waals surface area contributed by atoms with Crippen LogP contribution in [0.15, 0.2) is 24.3 Å². The third-order valence-corrected chi connectivity index (χ3v) is 3.08.